The van der Waals surface area contributed by atoms with Crippen LogP contribution in [0.5, 0.6) is 0 Å². The number of aliphatic hydroxyl groups is 2. The highest BCUT2D eigenvalue weighted by molar-refractivity contribution is 5.04. The van der Waals surface area contributed by atoms with Gasteiger partial charge in [0, 0.05) is 0 Å². The zero-order chi connectivity index (χ0) is 10.1. The van der Waals surface area contributed by atoms with Gasteiger partial charge in [-0.05, 0) is 13.8 Å². The number of hydrogen-bond donors (Lipinski definition) is 2. The summed E-state index contributed by atoms with van der Waals surface area (Å²) in [5, 5.41) is 18.1. The molecule has 0 aromatic rings. The first-order valence-electron chi connectivity index (χ1n) is 4.11. The molecule has 1 fully saturated rings. The van der Waals surface area contributed by atoms with E-state index in [4.69, 9.17) is 21.0 Å². The average Bonchev–Trinajstić information content (AvgIpc) is 2.39. The van der Waals surface area contributed by atoms with E-state index in [0.717, 1.165) is 0 Å². The molecule has 0 aromatic carbocycles. The Morgan fingerprint density at radius 2 is 2.15 bits per heavy atom. The second-order valence-electron chi connectivity index (χ2n) is 3.44. The number of hydrogen-bond acceptors (Lipinski definition) is 4. The first-order valence-corrected chi connectivity index (χ1v) is 4.11. The third-order valence-electron chi connectivity index (χ3n) is 1.86. The van der Waals surface area contributed by atoms with Crippen LogP contribution in [0.15, 0.2) is 0 Å². The fourth-order valence-electron chi connectivity index (χ4n) is 1.30. The van der Waals surface area contributed by atoms with Gasteiger partial charge in [0.15, 0.2) is 5.79 Å². The first kappa shape index (κ1) is 10.5. The van der Waals surface area contributed by atoms with Gasteiger partial charge < -0.3 is 19.7 Å². The summed E-state index contributed by atoms with van der Waals surface area (Å²) in [5.41, 5.74) is 0. The van der Waals surface area contributed by atoms with E-state index in [1.165, 1.54) is 0 Å². The average molecular weight is 186 g/mol. The van der Waals surface area contributed by atoms with Crippen molar-refractivity contribution in [1.29, 1.82) is 0 Å². The van der Waals surface area contributed by atoms with Crippen molar-refractivity contribution >= 4 is 0 Å². The van der Waals surface area contributed by atoms with E-state index in [1.807, 2.05) is 0 Å². The molecule has 1 aliphatic rings. The zero-order valence-electron chi connectivity index (χ0n) is 7.73. The van der Waals surface area contributed by atoms with Crippen molar-refractivity contribution in [2.45, 2.75) is 37.9 Å². The number of terminal acetylenes is 1. The highest BCUT2D eigenvalue weighted by atomic mass is 16.8. The molecule has 3 unspecified atom stereocenters. The SMILES string of the molecule is C#CC1OC(C)(C)OC1C(O)CO. The molecule has 0 spiro atoms. The van der Waals surface area contributed by atoms with Gasteiger partial charge in [0.2, 0.25) is 0 Å². The first-order chi connectivity index (χ1) is 6.00. The maximum absolute atomic E-state index is 9.34. The summed E-state index contributed by atoms with van der Waals surface area (Å²) in [6.07, 6.45) is 2.94. The highest BCUT2D eigenvalue weighted by Gasteiger charge is 2.43. The molecule has 74 valence electrons. The molecule has 13 heavy (non-hydrogen) atoms. The van der Waals surface area contributed by atoms with E-state index in [1.54, 1.807) is 13.8 Å². The quantitative estimate of drug-likeness (QED) is 0.570. The van der Waals surface area contributed by atoms with E-state index in [0.29, 0.717) is 0 Å². The molecule has 0 aliphatic carbocycles. The number of ether oxygens (including phenoxy) is 2. The fraction of sp³-hybridized carbons (Fsp3) is 0.778. The predicted molar refractivity (Wildman–Crippen MR) is 45.8 cm³/mol. The molecule has 0 amide bonds. The van der Waals surface area contributed by atoms with Crippen molar-refractivity contribution in [3.05, 3.63) is 0 Å². The normalized spacial score (nSPS) is 34.1. The van der Waals surface area contributed by atoms with Crippen molar-refractivity contribution in [3.63, 3.8) is 0 Å². The lowest BCUT2D eigenvalue weighted by atomic mass is 10.1. The smallest absolute Gasteiger partial charge is 0.165 e. The van der Waals surface area contributed by atoms with Gasteiger partial charge in [-0.2, -0.15) is 0 Å². The monoisotopic (exact) mass is 186 g/mol. The second kappa shape index (κ2) is 3.64. The Morgan fingerprint density at radius 3 is 2.62 bits per heavy atom. The lowest BCUT2D eigenvalue weighted by Crippen LogP contribution is -2.37. The van der Waals surface area contributed by atoms with Gasteiger partial charge in [-0.25, -0.2) is 0 Å². The van der Waals surface area contributed by atoms with Crippen LogP contribution in [0, 0.1) is 12.3 Å². The Labute approximate surface area is 77.5 Å². The molecule has 0 radical (unpaired) electrons. The van der Waals surface area contributed by atoms with Crippen molar-refractivity contribution in [1.82, 2.24) is 0 Å². The van der Waals surface area contributed by atoms with Crippen LogP contribution in [0.1, 0.15) is 13.8 Å². The molecule has 1 aliphatic heterocycles. The summed E-state index contributed by atoms with van der Waals surface area (Å²) in [4.78, 5) is 0. The molecule has 1 heterocycles. The van der Waals surface area contributed by atoms with Crippen LogP contribution >= 0.6 is 0 Å². The summed E-state index contributed by atoms with van der Waals surface area (Å²) in [6.45, 7) is 3.03. The molecule has 0 bridgehead atoms. The Balaban J connectivity index is 2.70. The number of rotatable bonds is 2. The standard InChI is InChI=1S/C9H14O4/c1-4-7-8(6(11)5-10)13-9(2,3)12-7/h1,6-8,10-11H,5H2,2-3H3. The summed E-state index contributed by atoms with van der Waals surface area (Å²) < 4.78 is 10.6. The molecule has 0 saturated carbocycles. The highest BCUT2D eigenvalue weighted by Crippen LogP contribution is 2.29. The Morgan fingerprint density at radius 1 is 1.54 bits per heavy atom. The molecule has 1 rings (SSSR count). The molecule has 4 nitrogen and oxygen atoms in total. The third kappa shape index (κ3) is 2.20. The molecule has 3 atom stereocenters. The maximum atomic E-state index is 9.34. The molecule has 4 heteroatoms. The molecule has 1 saturated heterocycles. The molecule has 2 N–H and O–H groups in total. The van der Waals surface area contributed by atoms with Gasteiger partial charge in [-0.1, -0.05) is 5.92 Å². The molecular formula is C9H14O4. The van der Waals surface area contributed by atoms with Crippen molar-refractivity contribution < 1.29 is 19.7 Å². The van der Waals surface area contributed by atoms with Crippen LogP contribution in [0.3, 0.4) is 0 Å². The Kier molecular flexibility index (Phi) is 2.94. The minimum Gasteiger partial charge on any atom is -0.394 e. The van der Waals surface area contributed by atoms with Gasteiger partial charge in [0.25, 0.3) is 0 Å². The van der Waals surface area contributed by atoms with Gasteiger partial charge in [-0.3, -0.25) is 0 Å². The van der Waals surface area contributed by atoms with Crippen molar-refractivity contribution in [2.75, 3.05) is 6.61 Å². The van der Waals surface area contributed by atoms with Crippen LogP contribution in [0.2, 0.25) is 0 Å². The van der Waals surface area contributed by atoms with Gasteiger partial charge in [0.1, 0.15) is 18.3 Å². The summed E-state index contributed by atoms with van der Waals surface area (Å²) in [7, 11) is 0. The Hall–Kier alpha value is -0.600. The molecule has 0 aromatic heterocycles. The maximum Gasteiger partial charge on any atom is 0.165 e. The minimum atomic E-state index is -0.997. The van der Waals surface area contributed by atoms with Gasteiger partial charge >= 0.3 is 0 Å². The zero-order valence-corrected chi connectivity index (χ0v) is 7.73. The fourth-order valence-corrected chi connectivity index (χ4v) is 1.30. The summed E-state index contributed by atoms with van der Waals surface area (Å²) >= 11 is 0. The van der Waals surface area contributed by atoms with Crippen molar-refractivity contribution in [3.8, 4) is 12.3 Å². The van der Waals surface area contributed by atoms with Crippen LogP contribution < -0.4 is 0 Å². The topological polar surface area (TPSA) is 58.9 Å². The lowest BCUT2D eigenvalue weighted by Gasteiger charge is -2.18. The van der Waals surface area contributed by atoms with Crippen LogP contribution in [-0.2, 0) is 9.47 Å². The third-order valence-corrected chi connectivity index (χ3v) is 1.86. The van der Waals surface area contributed by atoms with Gasteiger partial charge in [0.05, 0.1) is 6.61 Å². The van der Waals surface area contributed by atoms with E-state index < -0.39 is 24.1 Å². The Bertz CT molecular complexity index is 218. The lowest BCUT2D eigenvalue weighted by molar-refractivity contribution is -0.155. The van der Waals surface area contributed by atoms with Crippen LogP contribution in [0.4, 0.5) is 0 Å². The second-order valence-corrected chi connectivity index (χ2v) is 3.44. The number of aliphatic hydroxyl groups excluding tert-OH is 2. The van der Waals surface area contributed by atoms with Crippen LogP contribution in [-0.4, -0.2) is 40.9 Å². The van der Waals surface area contributed by atoms with E-state index in [2.05, 4.69) is 5.92 Å². The minimum absolute atomic E-state index is 0.387. The summed E-state index contributed by atoms with van der Waals surface area (Å²) in [5.74, 6) is 1.57. The van der Waals surface area contributed by atoms with Gasteiger partial charge in [-0.15, -0.1) is 6.42 Å². The molecular weight excluding hydrogens is 172 g/mol. The van der Waals surface area contributed by atoms with E-state index in [-0.39, 0.29) is 6.61 Å². The largest absolute Gasteiger partial charge is 0.394 e. The van der Waals surface area contributed by atoms with Crippen LogP contribution in [0.25, 0.3) is 0 Å². The predicted octanol–water partition coefficient (Wildman–Crippen LogP) is -0.507. The van der Waals surface area contributed by atoms with Crippen molar-refractivity contribution in [2.24, 2.45) is 0 Å². The van der Waals surface area contributed by atoms with E-state index in [9.17, 15) is 5.11 Å². The van der Waals surface area contributed by atoms with E-state index >= 15 is 0 Å². The summed E-state index contributed by atoms with van der Waals surface area (Å²) in [6, 6.07) is 0.